The van der Waals surface area contributed by atoms with E-state index in [-0.39, 0.29) is 24.5 Å². The van der Waals surface area contributed by atoms with E-state index in [1.165, 1.54) is 0 Å². The number of nitrogens with zero attached hydrogens (tertiary/aromatic N) is 1. The van der Waals surface area contributed by atoms with Gasteiger partial charge in [-0.1, -0.05) is 52.7 Å². The summed E-state index contributed by atoms with van der Waals surface area (Å²) in [7, 11) is 0. The Morgan fingerprint density at radius 3 is 2.29 bits per heavy atom. The first-order valence-electron chi connectivity index (χ1n) is 10.7. The van der Waals surface area contributed by atoms with Crippen LogP contribution in [0.4, 0.5) is 0 Å². The van der Waals surface area contributed by atoms with Crippen LogP contribution in [-0.2, 0) is 16.1 Å². The first-order chi connectivity index (χ1) is 14.6. The Balaban J connectivity index is 2.25. The minimum absolute atomic E-state index is 0.00226. The monoisotopic (exact) mass is 488 g/mol. The number of rotatable bonds is 9. The van der Waals surface area contributed by atoms with Crippen LogP contribution in [0.3, 0.4) is 0 Å². The lowest BCUT2D eigenvalue weighted by molar-refractivity contribution is -0.143. The van der Waals surface area contributed by atoms with E-state index in [9.17, 15) is 9.59 Å². The second-order valence-corrected chi connectivity index (χ2v) is 9.05. The van der Waals surface area contributed by atoms with Crippen LogP contribution >= 0.6 is 15.9 Å². The number of nitrogens with one attached hydrogen (secondary N) is 1. The lowest BCUT2D eigenvalue weighted by Gasteiger charge is -2.31. The lowest BCUT2D eigenvalue weighted by Crippen LogP contribution is -2.51. The zero-order valence-corrected chi connectivity index (χ0v) is 20.9. The van der Waals surface area contributed by atoms with Gasteiger partial charge in [0.2, 0.25) is 5.91 Å². The third-order valence-corrected chi connectivity index (χ3v) is 6.28. The predicted molar refractivity (Wildman–Crippen MR) is 128 cm³/mol. The average Bonchev–Trinajstić information content (AvgIpc) is 2.69. The highest BCUT2D eigenvalue weighted by molar-refractivity contribution is 9.10. The second kappa shape index (κ2) is 11.3. The summed E-state index contributed by atoms with van der Waals surface area (Å²) in [4.78, 5) is 27.7. The van der Waals surface area contributed by atoms with E-state index in [4.69, 9.17) is 4.74 Å². The van der Waals surface area contributed by atoms with E-state index in [1.807, 2.05) is 77.9 Å². The summed E-state index contributed by atoms with van der Waals surface area (Å²) in [6, 6.07) is 11.2. The van der Waals surface area contributed by atoms with Gasteiger partial charge >= 0.3 is 0 Å². The highest BCUT2D eigenvalue weighted by atomic mass is 79.9. The zero-order valence-electron chi connectivity index (χ0n) is 19.3. The van der Waals surface area contributed by atoms with Crippen LogP contribution in [0.25, 0.3) is 0 Å². The van der Waals surface area contributed by atoms with Gasteiger partial charge in [-0.05, 0) is 69.9 Å². The molecule has 0 spiro atoms. The summed E-state index contributed by atoms with van der Waals surface area (Å²) in [6.45, 7) is 12.0. The van der Waals surface area contributed by atoms with Crippen molar-refractivity contribution < 1.29 is 14.3 Å². The Morgan fingerprint density at radius 1 is 1.10 bits per heavy atom. The van der Waals surface area contributed by atoms with Crippen LogP contribution < -0.4 is 10.1 Å². The van der Waals surface area contributed by atoms with Gasteiger partial charge in [-0.15, -0.1) is 0 Å². The number of aryl methyl sites for hydroxylation is 3. The molecule has 168 valence electrons. The fourth-order valence-electron chi connectivity index (χ4n) is 3.52. The number of hydrogen-bond donors (Lipinski definition) is 1. The van der Waals surface area contributed by atoms with Gasteiger partial charge in [-0.2, -0.15) is 0 Å². The van der Waals surface area contributed by atoms with E-state index in [0.717, 1.165) is 26.7 Å². The van der Waals surface area contributed by atoms with E-state index in [0.29, 0.717) is 18.7 Å². The Morgan fingerprint density at radius 2 is 1.74 bits per heavy atom. The number of carbonyl (C=O) groups is 2. The van der Waals surface area contributed by atoms with E-state index < -0.39 is 6.04 Å². The minimum atomic E-state index is -0.563. The molecular weight excluding hydrogens is 456 g/mol. The fraction of sp³-hybridized carbons (Fsp3) is 0.440. The molecule has 0 aliphatic heterocycles. The van der Waals surface area contributed by atoms with Crippen molar-refractivity contribution in [3.63, 3.8) is 0 Å². The van der Waals surface area contributed by atoms with Gasteiger partial charge in [0.15, 0.2) is 6.61 Å². The van der Waals surface area contributed by atoms with E-state index in [1.54, 1.807) is 4.90 Å². The van der Waals surface area contributed by atoms with Crippen molar-refractivity contribution in [1.29, 1.82) is 0 Å². The molecule has 6 heteroatoms. The predicted octanol–water partition coefficient (Wildman–Crippen LogP) is 5.09. The van der Waals surface area contributed by atoms with Gasteiger partial charge in [-0.25, -0.2) is 0 Å². The number of ether oxygens (including phenoxy) is 1. The quantitative estimate of drug-likeness (QED) is 0.534. The van der Waals surface area contributed by atoms with Gasteiger partial charge in [0, 0.05) is 17.1 Å². The van der Waals surface area contributed by atoms with E-state index in [2.05, 4.69) is 21.2 Å². The number of carbonyl (C=O) groups excluding carboxylic acids is 2. The normalized spacial score (nSPS) is 11.9. The second-order valence-electron chi connectivity index (χ2n) is 8.26. The molecule has 1 N–H and O–H groups in total. The van der Waals surface area contributed by atoms with Crippen molar-refractivity contribution in [1.82, 2.24) is 10.2 Å². The molecule has 2 rings (SSSR count). The number of amides is 2. The van der Waals surface area contributed by atoms with Crippen LogP contribution in [0.5, 0.6) is 5.75 Å². The first kappa shape index (κ1) is 24.9. The molecule has 0 aliphatic rings. The molecular formula is C25H33BrN2O3. The average molecular weight is 489 g/mol. The molecule has 0 radical (unpaired) electrons. The minimum Gasteiger partial charge on any atom is -0.484 e. The van der Waals surface area contributed by atoms with Gasteiger partial charge in [0.1, 0.15) is 11.8 Å². The molecule has 2 amide bonds. The Bertz CT molecular complexity index is 904. The molecule has 0 fully saturated rings. The SMILES string of the molecule is CC[C@@H](C(=O)NC(C)C)N(Cc1cccc(C)c1)C(=O)COc1cc(C)c(Br)c(C)c1. The lowest BCUT2D eigenvalue weighted by atomic mass is 10.1. The van der Waals surface area contributed by atoms with Crippen molar-refractivity contribution in [2.45, 2.75) is 66.6 Å². The molecule has 1 atom stereocenters. The van der Waals surface area contributed by atoms with Gasteiger partial charge in [0.05, 0.1) is 0 Å². The van der Waals surface area contributed by atoms with Crippen LogP contribution in [-0.4, -0.2) is 35.4 Å². The van der Waals surface area contributed by atoms with Crippen molar-refractivity contribution in [2.24, 2.45) is 0 Å². The summed E-state index contributed by atoms with van der Waals surface area (Å²) in [6.07, 6.45) is 0.520. The first-order valence-corrected chi connectivity index (χ1v) is 11.5. The maximum atomic E-state index is 13.2. The molecule has 0 saturated carbocycles. The third kappa shape index (κ3) is 7.10. The van der Waals surface area contributed by atoms with Crippen molar-refractivity contribution in [3.8, 4) is 5.75 Å². The number of hydrogen-bond acceptors (Lipinski definition) is 3. The maximum absolute atomic E-state index is 13.2. The van der Waals surface area contributed by atoms with Gasteiger partial charge < -0.3 is 15.0 Å². The molecule has 5 nitrogen and oxygen atoms in total. The Labute approximate surface area is 194 Å². The molecule has 0 bridgehead atoms. The van der Waals surface area contributed by atoms with Crippen LogP contribution in [0, 0.1) is 20.8 Å². The van der Waals surface area contributed by atoms with Gasteiger partial charge in [-0.3, -0.25) is 9.59 Å². The zero-order chi connectivity index (χ0) is 23.1. The standard InChI is InChI=1S/C25H33BrN2O3/c1-7-22(25(30)27-16(2)3)28(14-20-10-8-9-17(4)11-20)23(29)15-31-21-12-18(5)24(26)19(6)13-21/h8-13,16,22H,7,14-15H2,1-6H3,(H,27,30)/t22-/m0/s1. The summed E-state index contributed by atoms with van der Waals surface area (Å²) in [5, 5.41) is 2.94. The summed E-state index contributed by atoms with van der Waals surface area (Å²) in [5.41, 5.74) is 4.18. The Hall–Kier alpha value is -2.34. The smallest absolute Gasteiger partial charge is 0.261 e. The molecule has 0 heterocycles. The molecule has 2 aromatic rings. The summed E-state index contributed by atoms with van der Waals surface area (Å²) in [5.74, 6) is 0.279. The van der Waals surface area contributed by atoms with Crippen LogP contribution in [0.15, 0.2) is 40.9 Å². The van der Waals surface area contributed by atoms with Crippen LogP contribution in [0.1, 0.15) is 49.4 Å². The number of halogens is 1. The summed E-state index contributed by atoms with van der Waals surface area (Å²) < 4.78 is 6.87. The molecule has 31 heavy (non-hydrogen) atoms. The molecule has 0 saturated heterocycles. The highest BCUT2D eigenvalue weighted by Gasteiger charge is 2.29. The van der Waals surface area contributed by atoms with Crippen LogP contribution in [0.2, 0.25) is 0 Å². The largest absolute Gasteiger partial charge is 0.484 e. The van der Waals surface area contributed by atoms with Crippen molar-refractivity contribution in [3.05, 3.63) is 63.1 Å². The highest BCUT2D eigenvalue weighted by Crippen LogP contribution is 2.26. The molecule has 2 aromatic carbocycles. The van der Waals surface area contributed by atoms with Crippen molar-refractivity contribution >= 4 is 27.7 Å². The van der Waals surface area contributed by atoms with E-state index >= 15 is 0 Å². The Kier molecular flexibility index (Phi) is 9.11. The maximum Gasteiger partial charge on any atom is 0.261 e. The topological polar surface area (TPSA) is 58.6 Å². The molecule has 0 unspecified atom stereocenters. The van der Waals surface area contributed by atoms with Gasteiger partial charge in [0.25, 0.3) is 5.91 Å². The molecule has 0 aliphatic carbocycles. The fourth-order valence-corrected chi connectivity index (χ4v) is 3.75. The summed E-state index contributed by atoms with van der Waals surface area (Å²) >= 11 is 3.55. The number of benzene rings is 2. The third-order valence-electron chi connectivity index (χ3n) is 5.02. The molecule has 0 aromatic heterocycles. The van der Waals surface area contributed by atoms with Crippen molar-refractivity contribution in [2.75, 3.05) is 6.61 Å².